The quantitative estimate of drug-likeness (QED) is 0.362. The van der Waals surface area contributed by atoms with Gasteiger partial charge in [-0.05, 0) is 28.3 Å². The van der Waals surface area contributed by atoms with Crippen molar-refractivity contribution in [2.45, 2.75) is 100 Å². The second-order valence-corrected chi connectivity index (χ2v) is 38.5. The topological polar surface area (TPSA) is 0 Å². The third-order valence-corrected chi connectivity index (χ3v) is 41.7. The summed E-state index contributed by atoms with van der Waals surface area (Å²) in [6.07, 6.45) is 3.16. The van der Waals surface area contributed by atoms with Crippen LogP contribution >= 0.6 is 7.92 Å². The van der Waals surface area contributed by atoms with Gasteiger partial charge in [-0.1, -0.05) is 78.6 Å². The molecule has 0 N–H and O–H groups in total. The first-order valence-corrected chi connectivity index (χ1v) is 24.9. The van der Waals surface area contributed by atoms with Gasteiger partial charge in [0.1, 0.15) is 0 Å². The molecule has 1 rings (SSSR count). The Morgan fingerprint density at radius 3 is 0.773 bits per heavy atom. The van der Waals surface area contributed by atoms with E-state index in [1.54, 1.807) is 12.8 Å². The second kappa shape index (κ2) is 5.65. The van der Waals surface area contributed by atoms with Crippen LogP contribution in [0.1, 0.15) is 12.8 Å². The number of hydrogen-bond acceptors (Lipinski definition) is 0. The second-order valence-electron chi connectivity index (χ2n) is 11.8. The van der Waals surface area contributed by atoms with Gasteiger partial charge in [0.15, 0.2) is 0 Å². The maximum Gasteiger partial charge on any atom is 0.0525 e. The lowest BCUT2D eigenvalue weighted by Crippen LogP contribution is -2.68. The van der Waals surface area contributed by atoms with Gasteiger partial charge in [0.2, 0.25) is 0 Å². The predicted octanol–water partition coefficient (Wildman–Crippen LogP) is 6.88. The molecule has 0 amide bonds. The highest BCUT2D eigenvalue weighted by atomic mass is 31.1. The van der Waals surface area contributed by atoms with Crippen molar-refractivity contribution in [1.29, 1.82) is 0 Å². The fourth-order valence-corrected chi connectivity index (χ4v) is 49.6. The third kappa shape index (κ3) is 2.77. The zero-order chi connectivity index (χ0) is 18.0. The third-order valence-electron chi connectivity index (χ3n) is 6.96. The van der Waals surface area contributed by atoms with E-state index < -0.39 is 32.3 Å². The molecule has 0 nitrogen and oxygen atoms in total. The molecule has 0 radical (unpaired) electrons. The average Bonchev–Trinajstić information content (AvgIpc) is 2.49. The highest BCUT2D eigenvalue weighted by Crippen LogP contribution is 2.76. The summed E-state index contributed by atoms with van der Waals surface area (Å²) in [5.41, 5.74) is 0. The summed E-state index contributed by atoms with van der Waals surface area (Å²) >= 11 is 0. The van der Waals surface area contributed by atoms with Gasteiger partial charge < -0.3 is 0 Å². The zero-order valence-corrected chi connectivity index (χ0v) is 22.8. The summed E-state index contributed by atoms with van der Waals surface area (Å²) < 4.78 is 1.58. The largest absolute Gasteiger partial charge is 0.108 e. The maximum absolute atomic E-state index is 2.79. The smallest absolute Gasteiger partial charge is 0.0525 e. The van der Waals surface area contributed by atoms with Crippen molar-refractivity contribution < 1.29 is 0 Å². The summed E-state index contributed by atoms with van der Waals surface area (Å²) in [5.74, 6) is 0. The lowest BCUT2D eigenvalue weighted by molar-refractivity contribution is 0.775. The van der Waals surface area contributed by atoms with Crippen LogP contribution in [-0.4, -0.2) is 47.8 Å². The van der Waals surface area contributed by atoms with Crippen LogP contribution in [0, 0.1) is 0 Å². The molecule has 0 aromatic rings. The molecule has 0 aromatic carbocycles. The van der Waals surface area contributed by atoms with Gasteiger partial charge in [-0.3, -0.25) is 0 Å². The Labute approximate surface area is 147 Å². The van der Waals surface area contributed by atoms with Crippen molar-refractivity contribution in [1.82, 2.24) is 0 Å². The SMILES string of the molecule is CP1C([Si](C)(C)C)([Si](C)(C)C)CCC1([Si](C)(C)C)[Si](C)(C)C. The van der Waals surface area contributed by atoms with Gasteiger partial charge in [-0.25, -0.2) is 0 Å². The lowest BCUT2D eigenvalue weighted by Gasteiger charge is -2.60. The maximum atomic E-state index is 2.79. The Morgan fingerprint density at radius 2 is 0.682 bits per heavy atom. The summed E-state index contributed by atoms with van der Waals surface area (Å²) in [7, 11) is -4.60. The van der Waals surface area contributed by atoms with E-state index in [0.717, 1.165) is 8.81 Å². The van der Waals surface area contributed by atoms with Gasteiger partial charge in [0.25, 0.3) is 0 Å². The van der Waals surface area contributed by atoms with Crippen molar-refractivity contribution in [3.05, 3.63) is 0 Å². The Hall–Kier alpha value is 1.30. The van der Waals surface area contributed by atoms with E-state index in [9.17, 15) is 0 Å². The molecule has 1 aliphatic heterocycles. The van der Waals surface area contributed by atoms with Crippen LogP contribution in [-0.2, 0) is 0 Å². The lowest BCUT2D eigenvalue weighted by atomic mass is 10.4. The Balaban J connectivity index is 3.68. The highest BCUT2D eigenvalue weighted by Gasteiger charge is 2.70. The van der Waals surface area contributed by atoms with E-state index in [1.807, 2.05) is 0 Å². The van der Waals surface area contributed by atoms with Gasteiger partial charge in [0.05, 0.1) is 32.3 Å². The summed E-state index contributed by atoms with van der Waals surface area (Å²) in [6, 6.07) is 0. The molecule has 0 unspecified atom stereocenters. The monoisotopic (exact) mass is 390 g/mol. The summed E-state index contributed by atoms with van der Waals surface area (Å²) in [6.45, 7) is 35.2. The Kier molecular flexibility index (Phi) is 5.48. The van der Waals surface area contributed by atoms with Gasteiger partial charge in [-0.2, -0.15) is 0 Å². The standard InChI is InChI=1S/C17H43PSi4/c1-18-16(19(2,3)4,20(5,6)7)14-15-17(18,21(8,9)10)22(11,12)13/h14-15H2,1-13H3. The number of hydrogen-bond donors (Lipinski definition) is 0. The van der Waals surface area contributed by atoms with Crippen LogP contribution in [0.15, 0.2) is 0 Å². The molecule has 22 heavy (non-hydrogen) atoms. The summed E-state index contributed by atoms with van der Waals surface area (Å²) in [5, 5.41) is 0. The molecule has 0 bridgehead atoms. The first kappa shape index (κ1) is 21.3. The molecule has 1 heterocycles. The van der Waals surface area contributed by atoms with E-state index in [2.05, 4.69) is 85.2 Å². The molecule has 0 saturated carbocycles. The van der Waals surface area contributed by atoms with Crippen molar-refractivity contribution in [2.24, 2.45) is 0 Å². The average molecular weight is 391 g/mol. The van der Waals surface area contributed by atoms with E-state index >= 15 is 0 Å². The van der Waals surface area contributed by atoms with Crippen molar-refractivity contribution in [2.75, 3.05) is 6.66 Å². The number of rotatable bonds is 4. The van der Waals surface area contributed by atoms with Crippen molar-refractivity contribution in [3.8, 4) is 0 Å². The first-order chi connectivity index (χ1) is 9.36. The fourth-order valence-electron chi connectivity index (χ4n) is 6.79. The van der Waals surface area contributed by atoms with Crippen molar-refractivity contribution in [3.63, 3.8) is 0 Å². The van der Waals surface area contributed by atoms with Crippen LogP contribution < -0.4 is 0 Å². The van der Waals surface area contributed by atoms with E-state index in [4.69, 9.17) is 0 Å². The minimum Gasteiger partial charge on any atom is -0.108 e. The molecule has 1 fully saturated rings. The molecule has 0 aliphatic carbocycles. The van der Waals surface area contributed by atoms with E-state index in [1.165, 1.54) is 0 Å². The molecule has 5 heteroatoms. The molecule has 1 saturated heterocycles. The minimum absolute atomic E-state index is 0.134. The van der Waals surface area contributed by atoms with Gasteiger partial charge in [-0.15, -0.1) is 7.92 Å². The molecule has 1 aliphatic rings. The minimum atomic E-state index is -1.18. The molecule has 132 valence electrons. The molecule has 0 atom stereocenters. The molecular formula is C17H43PSi4. The van der Waals surface area contributed by atoms with Crippen LogP contribution in [0.3, 0.4) is 0 Å². The zero-order valence-electron chi connectivity index (χ0n) is 17.9. The molecular weight excluding hydrogens is 348 g/mol. The van der Waals surface area contributed by atoms with Gasteiger partial charge >= 0.3 is 0 Å². The molecule has 0 aromatic heterocycles. The van der Waals surface area contributed by atoms with Crippen LogP contribution in [0.5, 0.6) is 0 Å². The fraction of sp³-hybridized carbons (Fsp3) is 1.00. The van der Waals surface area contributed by atoms with E-state index in [-0.39, 0.29) is 7.92 Å². The first-order valence-electron chi connectivity index (χ1n) is 9.10. The van der Waals surface area contributed by atoms with E-state index in [0.29, 0.717) is 0 Å². The normalized spacial score (nSPS) is 23.9. The summed E-state index contributed by atoms with van der Waals surface area (Å²) in [4.78, 5) is 0. The molecule has 0 spiro atoms. The van der Waals surface area contributed by atoms with Crippen LogP contribution in [0.2, 0.25) is 78.6 Å². The van der Waals surface area contributed by atoms with Crippen molar-refractivity contribution >= 4 is 40.2 Å². The van der Waals surface area contributed by atoms with Crippen LogP contribution in [0.25, 0.3) is 0 Å². The van der Waals surface area contributed by atoms with Crippen LogP contribution in [0.4, 0.5) is 0 Å². The Morgan fingerprint density at radius 1 is 0.500 bits per heavy atom. The van der Waals surface area contributed by atoms with Gasteiger partial charge in [0, 0.05) is 0 Å². The Bertz CT molecular complexity index is 350. The highest BCUT2D eigenvalue weighted by molar-refractivity contribution is 7.73. The predicted molar refractivity (Wildman–Crippen MR) is 121 cm³/mol.